The van der Waals surface area contributed by atoms with Gasteiger partial charge in [-0.2, -0.15) is 11.3 Å². The molecule has 0 radical (unpaired) electrons. The Labute approximate surface area is 130 Å². The molecule has 2 aromatic heterocycles. The SMILES string of the molecule is O=C(Nc1nnc(-c2ccsc2)s1)NC1CCC(O)CC1. The molecule has 2 aromatic rings. The summed E-state index contributed by atoms with van der Waals surface area (Å²) in [5.41, 5.74) is 1.02. The monoisotopic (exact) mass is 324 g/mol. The lowest BCUT2D eigenvalue weighted by Gasteiger charge is -2.25. The van der Waals surface area contributed by atoms with E-state index in [-0.39, 0.29) is 18.2 Å². The lowest BCUT2D eigenvalue weighted by molar-refractivity contribution is 0.118. The second-order valence-corrected chi connectivity index (χ2v) is 6.79. The third kappa shape index (κ3) is 3.78. The Balaban J connectivity index is 1.53. The van der Waals surface area contributed by atoms with Crippen LogP contribution in [0, 0.1) is 0 Å². The molecule has 8 heteroatoms. The number of anilines is 1. The van der Waals surface area contributed by atoms with Crippen LogP contribution in [0.2, 0.25) is 0 Å². The van der Waals surface area contributed by atoms with Gasteiger partial charge in [-0.05, 0) is 37.1 Å². The maximum Gasteiger partial charge on any atom is 0.321 e. The van der Waals surface area contributed by atoms with Gasteiger partial charge in [0.05, 0.1) is 6.10 Å². The van der Waals surface area contributed by atoms with Crippen LogP contribution in [0.4, 0.5) is 9.93 Å². The zero-order valence-electron chi connectivity index (χ0n) is 11.3. The molecule has 0 saturated heterocycles. The summed E-state index contributed by atoms with van der Waals surface area (Å²) in [7, 11) is 0. The number of thiophene rings is 1. The van der Waals surface area contributed by atoms with Crippen LogP contribution >= 0.6 is 22.7 Å². The molecule has 3 N–H and O–H groups in total. The van der Waals surface area contributed by atoms with E-state index >= 15 is 0 Å². The number of nitrogens with zero attached hydrogens (tertiary/aromatic N) is 2. The number of aliphatic hydroxyl groups is 1. The smallest absolute Gasteiger partial charge is 0.321 e. The van der Waals surface area contributed by atoms with E-state index in [1.165, 1.54) is 11.3 Å². The molecular formula is C13H16N4O2S2. The minimum atomic E-state index is -0.260. The summed E-state index contributed by atoms with van der Waals surface area (Å²) >= 11 is 2.95. The summed E-state index contributed by atoms with van der Waals surface area (Å²) in [6, 6.07) is 1.84. The van der Waals surface area contributed by atoms with E-state index in [2.05, 4.69) is 20.8 Å². The van der Waals surface area contributed by atoms with Gasteiger partial charge in [-0.15, -0.1) is 10.2 Å². The van der Waals surface area contributed by atoms with Crippen LogP contribution in [0.5, 0.6) is 0 Å². The molecule has 0 unspecified atom stereocenters. The highest BCUT2D eigenvalue weighted by Gasteiger charge is 2.21. The Kier molecular flexibility index (Phi) is 4.47. The molecule has 21 heavy (non-hydrogen) atoms. The molecule has 0 spiro atoms. The van der Waals surface area contributed by atoms with Crippen LogP contribution in [0.25, 0.3) is 10.6 Å². The van der Waals surface area contributed by atoms with Crippen LogP contribution in [0.15, 0.2) is 16.8 Å². The minimum absolute atomic E-state index is 0.123. The van der Waals surface area contributed by atoms with Crippen molar-refractivity contribution in [3.8, 4) is 10.6 Å². The summed E-state index contributed by atoms with van der Waals surface area (Å²) in [4.78, 5) is 11.9. The molecule has 1 fully saturated rings. The average Bonchev–Trinajstić information content (AvgIpc) is 3.12. The molecule has 3 rings (SSSR count). The van der Waals surface area contributed by atoms with Crippen LogP contribution in [0.1, 0.15) is 25.7 Å². The zero-order valence-corrected chi connectivity index (χ0v) is 12.9. The summed E-state index contributed by atoms with van der Waals surface area (Å²) in [5, 5.41) is 28.4. The number of aliphatic hydroxyl groups excluding tert-OH is 1. The van der Waals surface area contributed by atoms with Crippen molar-refractivity contribution in [1.29, 1.82) is 0 Å². The van der Waals surface area contributed by atoms with E-state index in [0.717, 1.165) is 36.3 Å². The number of urea groups is 1. The number of carbonyl (C=O) groups excluding carboxylic acids is 1. The minimum Gasteiger partial charge on any atom is -0.393 e. The van der Waals surface area contributed by atoms with Crippen molar-refractivity contribution in [3.63, 3.8) is 0 Å². The summed E-state index contributed by atoms with van der Waals surface area (Å²) < 4.78 is 0. The van der Waals surface area contributed by atoms with E-state index in [1.807, 2.05) is 16.8 Å². The highest BCUT2D eigenvalue weighted by Crippen LogP contribution is 2.27. The first-order valence-electron chi connectivity index (χ1n) is 6.82. The van der Waals surface area contributed by atoms with Crippen molar-refractivity contribution in [2.45, 2.75) is 37.8 Å². The van der Waals surface area contributed by atoms with Gasteiger partial charge in [0.1, 0.15) is 5.01 Å². The fraction of sp³-hybridized carbons (Fsp3) is 0.462. The average molecular weight is 324 g/mol. The lowest BCUT2D eigenvalue weighted by atomic mass is 9.93. The Hall–Kier alpha value is -1.51. The first kappa shape index (κ1) is 14.4. The molecule has 0 aliphatic heterocycles. The molecule has 6 nitrogen and oxygen atoms in total. The van der Waals surface area contributed by atoms with Gasteiger partial charge in [0.15, 0.2) is 0 Å². The third-order valence-corrected chi connectivity index (χ3v) is 5.02. The molecule has 112 valence electrons. The van der Waals surface area contributed by atoms with Crippen molar-refractivity contribution in [3.05, 3.63) is 16.8 Å². The van der Waals surface area contributed by atoms with Gasteiger partial charge < -0.3 is 10.4 Å². The normalized spacial score (nSPS) is 22.0. The molecule has 1 aliphatic rings. The molecule has 0 aromatic carbocycles. The first-order valence-corrected chi connectivity index (χ1v) is 8.58. The highest BCUT2D eigenvalue weighted by atomic mass is 32.1. The maximum absolute atomic E-state index is 11.9. The lowest BCUT2D eigenvalue weighted by Crippen LogP contribution is -2.40. The fourth-order valence-electron chi connectivity index (χ4n) is 2.32. The Morgan fingerprint density at radius 3 is 2.81 bits per heavy atom. The quantitative estimate of drug-likeness (QED) is 0.810. The summed E-state index contributed by atoms with van der Waals surface area (Å²) in [6.07, 6.45) is 2.89. The number of aromatic nitrogens is 2. The van der Waals surface area contributed by atoms with Gasteiger partial charge >= 0.3 is 6.03 Å². The Morgan fingerprint density at radius 2 is 2.10 bits per heavy atom. The van der Waals surface area contributed by atoms with Gasteiger partial charge in [-0.1, -0.05) is 11.3 Å². The van der Waals surface area contributed by atoms with Gasteiger partial charge in [0, 0.05) is 17.0 Å². The molecular weight excluding hydrogens is 308 g/mol. The van der Waals surface area contributed by atoms with Crippen molar-refractivity contribution in [2.24, 2.45) is 0 Å². The molecule has 2 amide bonds. The van der Waals surface area contributed by atoms with E-state index < -0.39 is 0 Å². The number of amides is 2. The molecule has 1 aliphatic carbocycles. The van der Waals surface area contributed by atoms with Crippen molar-refractivity contribution >= 4 is 33.8 Å². The van der Waals surface area contributed by atoms with E-state index in [4.69, 9.17) is 0 Å². The molecule has 0 atom stereocenters. The molecule has 0 bridgehead atoms. The second-order valence-electron chi connectivity index (χ2n) is 5.03. The molecule has 2 heterocycles. The maximum atomic E-state index is 11.9. The van der Waals surface area contributed by atoms with Crippen molar-refractivity contribution < 1.29 is 9.90 Å². The van der Waals surface area contributed by atoms with Crippen LogP contribution < -0.4 is 10.6 Å². The van der Waals surface area contributed by atoms with Gasteiger partial charge in [0.25, 0.3) is 0 Å². The van der Waals surface area contributed by atoms with E-state index in [1.54, 1.807) is 11.3 Å². The summed E-state index contributed by atoms with van der Waals surface area (Å²) in [6.45, 7) is 0. The second kappa shape index (κ2) is 6.50. The van der Waals surface area contributed by atoms with E-state index in [9.17, 15) is 9.90 Å². The predicted octanol–water partition coefficient (Wildman–Crippen LogP) is 2.69. The van der Waals surface area contributed by atoms with Gasteiger partial charge in [-0.3, -0.25) is 5.32 Å². The topological polar surface area (TPSA) is 87.1 Å². The zero-order chi connectivity index (χ0) is 14.7. The standard InChI is InChI=1S/C13H16N4O2S2/c18-10-3-1-9(2-4-10)14-12(19)15-13-17-16-11(21-13)8-5-6-20-7-8/h5-7,9-10,18H,1-4H2,(H2,14,15,17,19). The number of hydrogen-bond donors (Lipinski definition) is 3. The van der Waals surface area contributed by atoms with Crippen molar-refractivity contribution in [2.75, 3.05) is 5.32 Å². The van der Waals surface area contributed by atoms with E-state index in [0.29, 0.717) is 5.13 Å². The van der Waals surface area contributed by atoms with Gasteiger partial charge in [-0.25, -0.2) is 4.79 Å². The fourth-order valence-corrected chi connectivity index (χ4v) is 3.77. The Morgan fingerprint density at radius 1 is 1.29 bits per heavy atom. The number of hydrogen-bond acceptors (Lipinski definition) is 6. The van der Waals surface area contributed by atoms with Crippen LogP contribution in [0.3, 0.4) is 0 Å². The van der Waals surface area contributed by atoms with Crippen LogP contribution in [-0.2, 0) is 0 Å². The van der Waals surface area contributed by atoms with Crippen molar-refractivity contribution in [1.82, 2.24) is 15.5 Å². The number of nitrogens with one attached hydrogen (secondary N) is 2. The predicted molar refractivity (Wildman–Crippen MR) is 83.6 cm³/mol. The van der Waals surface area contributed by atoms with Gasteiger partial charge in [0.2, 0.25) is 5.13 Å². The number of rotatable bonds is 3. The highest BCUT2D eigenvalue weighted by molar-refractivity contribution is 7.19. The number of carbonyl (C=O) groups is 1. The third-order valence-electron chi connectivity index (χ3n) is 3.45. The first-order chi connectivity index (χ1) is 10.2. The summed E-state index contributed by atoms with van der Waals surface area (Å²) in [5.74, 6) is 0. The molecule has 1 saturated carbocycles. The largest absolute Gasteiger partial charge is 0.393 e. The Bertz CT molecular complexity index is 591. The van der Waals surface area contributed by atoms with Crippen LogP contribution in [-0.4, -0.2) is 33.5 Å².